The first-order valence-corrected chi connectivity index (χ1v) is 9.75. The van der Waals surface area contributed by atoms with Crippen molar-refractivity contribution in [2.45, 2.75) is 57.9 Å². The molecule has 0 aromatic carbocycles. The molecule has 1 atom stereocenters. The molecule has 0 unspecified atom stereocenters. The Morgan fingerprint density at radius 2 is 2.00 bits per heavy atom. The van der Waals surface area contributed by atoms with E-state index in [1.807, 2.05) is 0 Å². The molecule has 0 amide bonds. The van der Waals surface area contributed by atoms with Crippen LogP contribution >= 0.6 is 11.3 Å². The second-order valence-electron chi connectivity index (χ2n) is 7.01. The molecule has 2 aromatic rings. The average molecular weight is 331 g/mol. The zero-order valence-electron chi connectivity index (χ0n) is 13.8. The summed E-state index contributed by atoms with van der Waals surface area (Å²) in [5.74, 6) is 2.37. The van der Waals surface area contributed by atoms with E-state index >= 15 is 0 Å². The van der Waals surface area contributed by atoms with E-state index in [9.17, 15) is 0 Å². The maximum Gasteiger partial charge on any atom is 0.257 e. The van der Waals surface area contributed by atoms with Crippen molar-refractivity contribution in [1.82, 2.24) is 15.1 Å². The van der Waals surface area contributed by atoms with Gasteiger partial charge in [0.1, 0.15) is 0 Å². The van der Waals surface area contributed by atoms with Gasteiger partial charge < -0.3 is 4.42 Å². The molecule has 0 spiro atoms. The third kappa shape index (κ3) is 3.36. The van der Waals surface area contributed by atoms with Crippen molar-refractivity contribution in [2.75, 3.05) is 13.1 Å². The van der Waals surface area contributed by atoms with E-state index in [-0.39, 0.29) is 0 Å². The second kappa shape index (κ2) is 6.73. The van der Waals surface area contributed by atoms with Gasteiger partial charge in [-0.05, 0) is 57.2 Å². The standard InChI is InChI=1S/C18H25N3OS/c1-13-9-10-16(23-13)18-20-19-17(22-18)15-8-5-11-21(15)12-14-6-3-2-4-7-14/h9-10,14-15H,2-8,11-12H2,1H3/t15-/m0/s1. The van der Waals surface area contributed by atoms with Crippen LogP contribution in [0.5, 0.6) is 0 Å². The van der Waals surface area contributed by atoms with Crippen LogP contribution in [0.1, 0.15) is 61.8 Å². The molecular formula is C18H25N3OS. The number of hydrogen-bond donors (Lipinski definition) is 0. The fourth-order valence-electron chi connectivity index (χ4n) is 4.04. The fourth-order valence-corrected chi connectivity index (χ4v) is 4.83. The van der Waals surface area contributed by atoms with Crippen molar-refractivity contribution in [1.29, 1.82) is 0 Å². The van der Waals surface area contributed by atoms with Crippen LogP contribution in [0.3, 0.4) is 0 Å². The zero-order valence-corrected chi connectivity index (χ0v) is 14.6. The van der Waals surface area contributed by atoms with Gasteiger partial charge >= 0.3 is 0 Å². The van der Waals surface area contributed by atoms with Gasteiger partial charge in [0.15, 0.2) is 0 Å². The number of thiophene rings is 1. The number of aromatic nitrogens is 2. The Labute approximate surface area is 141 Å². The molecule has 1 saturated carbocycles. The van der Waals surface area contributed by atoms with Crippen molar-refractivity contribution < 1.29 is 4.42 Å². The van der Waals surface area contributed by atoms with Gasteiger partial charge in [-0.1, -0.05) is 19.3 Å². The predicted molar refractivity (Wildman–Crippen MR) is 92.5 cm³/mol. The van der Waals surface area contributed by atoms with E-state index in [1.54, 1.807) is 11.3 Å². The largest absolute Gasteiger partial charge is 0.418 e. The van der Waals surface area contributed by atoms with Crippen LogP contribution in [0.4, 0.5) is 0 Å². The van der Waals surface area contributed by atoms with E-state index in [0.29, 0.717) is 11.9 Å². The van der Waals surface area contributed by atoms with Crippen LogP contribution in [-0.4, -0.2) is 28.2 Å². The Bertz CT molecular complexity index is 644. The van der Waals surface area contributed by atoms with Crippen molar-refractivity contribution in [3.05, 3.63) is 22.9 Å². The van der Waals surface area contributed by atoms with Crippen LogP contribution in [-0.2, 0) is 0 Å². The van der Waals surface area contributed by atoms with Gasteiger partial charge in [-0.2, -0.15) is 0 Å². The Kier molecular flexibility index (Phi) is 4.49. The Morgan fingerprint density at radius 3 is 2.78 bits per heavy atom. The summed E-state index contributed by atoms with van der Waals surface area (Å²) >= 11 is 1.72. The first-order valence-electron chi connectivity index (χ1n) is 8.94. The highest BCUT2D eigenvalue weighted by Crippen LogP contribution is 2.36. The molecule has 124 valence electrons. The number of nitrogens with zero attached hydrogens (tertiary/aromatic N) is 3. The molecule has 0 N–H and O–H groups in total. The maximum atomic E-state index is 6.03. The Hall–Kier alpha value is -1.20. The van der Waals surface area contributed by atoms with Crippen LogP contribution in [0.15, 0.2) is 16.5 Å². The van der Waals surface area contributed by atoms with Crippen LogP contribution in [0, 0.1) is 12.8 Å². The summed E-state index contributed by atoms with van der Waals surface area (Å²) in [6, 6.07) is 4.51. The van der Waals surface area contributed by atoms with E-state index in [4.69, 9.17) is 4.42 Å². The van der Waals surface area contributed by atoms with E-state index in [2.05, 4.69) is 34.2 Å². The molecule has 0 radical (unpaired) electrons. The summed E-state index contributed by atoms with van der Waals surface area (Å²) in [6.07, 6.45) is 9.43. The Morgan fingerprint density at radius 1 is 1.13 bits per heavy atom. The summed E-state index contributed by atoms with van der Waals surface area (Å²) in [7, 11) is 0. The van der Waals surface area contributed by atoms with Gasteiger partial charge in [-0.3, -0.25) is 4.90 Å². The quantitative estimate of drug-likeness (QED) is 0.805. The first kappa shape index (κ1) is 15.3. The highest BCUT2D eigenvalue weighted by molar-refractivity contribution is 7.15. The van der Waals surface area contributed by atoms with Gasteiger partial charge in [0.2, 0.25) is 5.89 Å². The molecule has 2 aliphatic rings. The molecular weight excluding hydrogens is 306 g/mol. The predicted octanol–water partition coefficient (Wildman–Crippen LogP) is 4.82. The highest BCUT2D eigenvalue weighted by Gasteiger charge is 2.32. The van der Waals surface area contributed by atoms with Gasteiger partial charge in [-0.25, -0.2) is 0 Å². The van der Waals surface area contributed by atoms with Gasteiger partial charge in [0, 0.05) is 11.4 Å². The van der Waals surface area contributed by atoms with E-state index in [0.717, 1.165) is 23.1 Å². The van der Waals surface area contributed by atoms with Gasteiger partial charge in [0.25, 0.3) is 5.89 Å². The molecule has 2 aromatic heterocycles. The minimum Gasteiger partial charge on any atom is -0.418 e. The molecule has 4 nitrogen and oxygen atoms in total. The number of hydrogen-bond acceptors (Lipinski definition) is 5. The van der Waals surface area contributed by atoms with Crippen molar-refractivity contribution in [3.63, 3.8) is 0 Å². The number of likely N-dealkylation sites (tertiary alicyclic amines) is 1. The third-order valence-electron chi connectivity index (χ3n) is 5.26. The van der Waals surface area contributed by atoms with E-state index in [1.165, 1.54) is 56.5 Å². The third-order valence-corrected chi connectivity index (χ3v) is 6.25. The monoisotopic (exact) mass is 331 g/mol. The summed E-state index contributed by atoms with van der Waals surface area (Å²) in [6.45, 7) is 4.49. The van der Waals surface area contributed by atoms with Crippen LogP contribution < -0.4 is 0 Å². The summed E-state index contributed by atoms with van der Waals surface area (Å²) in [4.78, 5) is 4.95. The second-order valence-corrected chi connectivity index (χ2v) is 8.30. The first-order chi connectivity index (χ1) is 11.3. The maximum absolute atomic E-state index is 6.03. The van der Waals surface area contributed by atoms with Gasteiger partial charge in [-0.15, -0.1) is 21.5 Å². The summed E-state index contributed by atoms with van der Waals surface area (Å²) < 4.78 is 6.03. The molecule has 5 heteroatoms. The molecule has 3 heterocycles. The normalized spacial score (nSPS) is 23.6. The lowest BCUT2D eigenvalue weighted by Gasteiger charge is -2.29. The molecule has 0 bridgehead atoms. The number of aryl methyl sites for hydroxylation is 1. The van der Waals surface area contributed by atoms with Crippen molar-refractivity contribution in [2.24, 2.45) is 5.92 Å². The molecule has 1 aliphatic heterocycles. The lowest BCUT2D eigenvalue weighted by Crippen LogP contribution is -2.30. The van der Waals surface area contributed by atoms with Crippen LogP contribution in [0.2, 0.25) is 0 Å². The Balaban J connectivity index is 1.47. The molecule has 4 rings (SSSR count). The van der Waals surface area contributed by atoms with Crippen molar-refractivity contribution in [3.8, 4) is 10.8 Å². The summed E-state index contributed by atoms with van der Waals surface area (Å²) in [5.41, 5.74) is 0. The zero-order chi connectivity index (χ0) is 15.6. The fraction of sp³-hybridized carbons (Fsp3) is 0.667. The highest BCUT2D eigenvalue weighted by atomic mass is 32.1. The minimum absolute atomic E-state index is 0.333. The van der Waals surface area contributed by atoms with E-state index < -0.39 is 0 Å². The average Bonchev–Trinajstić information content (AvgIpc) is 3.28. The van der Waals surface area contributed by atoms with Gasteiger partial charge in [0.05, 0.1) is 10.9 Å². The lowest BCUT2D eigenvalue weighted by molar-refractivity contribution is 0.170. The smallest absolute Gasteiger partial charge is 0.257 e. The summed E-state index contributed by atoms with van der Waals surface area (Å²) in [5, 5.41) is 8.67. The van der Waals surface area contributed by atoms with Crippen molar-refractivity contribution >= 4 is 11.3 Å². The minimum atomic E-state index is 0.333. The molecule has 1 aliphatic carbocycles. The topological polar surface area (TPSA) is 42.2 Å². The molecule has 1 saturated heterocycles. The molecule has 2 fully saturated rings. The SMILES string of the molecule is Cc1ccc(-c2nnc([C@@H]3CCCN3CC3CCCCC3)o2)s1. The molecule has 23 heavy (non-hydrogen) atoms. The lowest BCUT2D eigenvalue weighted by atomic mass is 9.89. The van der Waals surface area contributed by atoms with Crippen LogP contribution in [0.25, 0.3) is 10.8 Å². The number of rotatable bonds is 4.